The first-order valence-corrected chi connectivity index (χ1v) is 7.04. The van der Waals surface area contributed by atoms with Crippen molar-refractivity contribution < 1.29 is 4.74 Å². The van der Waals surface area contributed by atoms with Gasteiger partial charge in [0.25, 0.3) is 0 Å². The van der Waals surface area contributed by atoms with Crippen LogP contribution in [0, 0.1) is 0 Å². The van der Waals surface area contributed by atoms with Gasteiger partial charge in [-0.25, -0.2) is 9.97 Å². The molecular weight excluding hydrogens is 296 g/mol. The van der Waals surface area contributed by atoms with Crippen molar-refractivity contribution in [2.24, 2.45) is 0 Å². The fraction of sp³-hybridized carbons (Fsp3) is 0.667. The van der Waals surface area contributed by atoms with Crippen molar-refractivity contribution in [2.75, 3.05) is 30.3 Å². The van der Waals surface area contributed by atoms with Gasteiger partial charge in [-0.05, 0) is 36.2 Å². The van der Waals surface area contributed by atoms with Crippen molar-refractivity contribution in [1.29, 1.82) is 0 Å². The average Bonchev–Trinajstić information content (AvgIpc) is 2.34. The van der Waals surface area contributed by atoms with Gasteiger partial charge in [0, 0.05) is 13.1 Å². The molecule has 2 N–H and O–H groups in total. The Hall–Kier alpha value is -0.880. The van der Waals surface area contributed by atoms with E-state index in [1.165, 1.54) is 0 Å². The largest absolute Gasteiger partial charge is 0.377 e. The number of hydrogen-bond donors (Lipinski definition) is 2. The summed E-state index contributed by atoms with van der Waals surface area (Å²) in [5.74, 6) is 1.61. The Morgan fingerprint density at radius 1 is 1.22 bits per heavy atom. The van der Waals surface area contributed by atoms with Crippen molar-refractivity contribution in [3.63, 3.8) is 0 Å². The molecule has 1 aromatic rings. The summed E-state index contributed by atoms with van der Waals surface area (Å²) in [4.78, 5) is 8.39. The molecule has 1 aromatic heterocycles. The lowest BCUT2D eigenvalue weighted by atomic mass is 10.4. The van der Waals surface area contributed by atoms with Gasteiger partial charge in [0.05, 0.1) is 12.7 Å². The van der Waals surface area contributed by atoms with Crippen molar-refractivity contribution in [2.45, 2.75) is 33.3 Å². The summed E-state index contributed by atoms with van der Waals surface area (Å²) in [7, 11) is 0. The van der Waals surface area contributed by atoms with Gasteiger partial charge in [0.15, 0.2) is 0 Å². The van der Waals surface area contributed by atoms with Crippen LogP contribution in [0.4, 0.5) is 11.6 Å². The lowest BCUT2D eigenvalue weighted by Crippen LogP contribution is -2.14. The second-order valence-electron chi connectivity index (χ2n) is 4.16. The molecule has 0 aliphatic rings. The van der Waals surface area contributed by atoms with Crippen molar-refractivity contribution in [3.8, 4) is 0 Å². The molecule has 1 rings (SSSR count). The molecule has 0 atom stereocenters. The first-order chi connectivity index (χ1) is 8.65. The predicted octanol–water partition coefficient (Wildman–Crippen LogP) is 2.90. The highest BCUT2D eigenvalue weighted by Crippen LogP contribution is 2.26. The summed E-state index contributed by atoms with van der Waals surface area (Å²) < 4.78 is 6.33. The van der Waals surface area contributed by atoms with E-state index in [0.29, 0.717) is 6.61 Å². The summed E-state index contributed by atoms with van der Waals surface area (Å²) in [5.41, 5.74) is 0. The van der Waals surface area contributed by atoms with Crippen LogP contribution in [0.2, 0.25) is 0 Å². The summed E-state index contributed by atoms with van der Waals surface area (Å²) in [6, 6.07) is 0. The lowest BCUT2D eigenvalue weighted by Gasteiger charge is -2.12. The molecule has 0 amide bonds. The Morgan fingerprint density at radius 2 is 1.83 bits per heavy atom. The van der Waals surface area contributed by atoms with Gasteiger partial charge in [-0.15, -0.1) is 0 Å². The molecular formula is C12H21BrN4O. The molecule has 18 heavy (non-hydrogen) atoms. The smallest absolute Gasteiger partial charge is 0.146 e. The molecule has 6 heteroatoms. The highest BCUT2D eigenvalue weighted by Gasteiger charge is 2.07. The van der Waals surface area contributed by atoms with Crippen LogP contribution in [0.1, 0.15) is 27.2 Å². The number of ether oxygens (including phenoxy) is 1. The van der Waals surface area contributed by atoms with Gasteiger partial charge in [-0.3, -0.25) is 0 Å². The Morgan fingerprint density at radius 3 is 2.39 bits per heavy atom. The number of aromatic nitrogens is 2. The summed E-state index contributed by atoms with van der Waals surface area (Å²) in [5, 5.41) is 6.46. The number of rotatable bonds is 8. The minimum Gasteiger partial charge on any atom is -0.377 e. The maximum atomic E-state index is 5.46. The molecule has 102 valence electrons. The second-order valence-corrected chi connectivity index (χ2v) is 4.95. The van der Waals surface area contributed by atoms with E-state index < -0.39 is 0 Å². The van der Waals surface area contributed by atoms with E-state index in [2.05, 4.69) is 43.5 Å². The molecule has 0 aliphatic carbocycles. The molecule has 0 unspecified atom stereocenters. The number of halogens is 1. The summed E-state index contributed by atoms with van der Waals surface area (Å²) in [6.45, 7) is 8.43. The van der Waals surface area contributed by atoms with Gasteiger partial charge in [0.2, 0.25) is 0 Å². The van der Waals surface area contributed by atoms with Gasteiger partial charge in [-0.2, -0.15) is 0 Å². The van der Waals surface area contributed by atoms with E-state index >= 15 is 0 Å². The van der Waals surface area contributed by atoms with Gasteiger partial charge in [-0.1, -0.05) is 6.92 Å². The SMILES string of the molecule is CCCNc1ncnc(NCCOC(C)C)c1Br. The molecule has 1 heterocycles. The number of nitrogens with one attached hydrogen (secondary N) is 2. The van der Waals surface area contributed by atoms with Crippen molar-refractivity contribution >= 4 is 27.6 Å². The van der Waals surface area contributed by atoms with Crippen molar-refractivity contribution in [1.82, 2.24) is 9.97 Å². The zero-order valence-electron chi connectivity index (χ0n) is 11.2. The van der Waals surface area contributed by atoms with E-state index in [4.69, 9.17) is 4.74 Å². The highest BCUT2D eigenvalue weighted by atomic mass is 79.9. The first kappa shape index (κ1) is 15.2. The van der Waals surface area contributed by atoms with Crippen LogP contribution in [-0.4, -0.2) is 35.8 Å². The fourth-order valence-corrected chi connectivity index (χ4v) is 1.81. The topological polar surface area (TPSA) is 59.1 Å². The minimum atomic E-state index is 0.252. The van der Waals surface area contributed by atoms with Crippen LogP contribution >= 0.6 is 15.9 Å². The molecule has 0 spiro atoms. The minimum absolute atomic E-state index is 0.252. The number of nitrogens with zero attached hydrogens (tertiary/aromatic N) is 2. The Labute approximate surface area is 117 Å². The molecule has 0 aliphatic heterocycles. The molecule has 0 radical (unpaired) electrons. The van der Waals surface area contributed by atoms with Crippen LogP contribution < -0.4 is 10.6 Å². The quantitative estimate of drug-likeness (QED) is 0.722. The van der Waals surface area contributed by atoms with Crippen LogP contribution in [0.5, 0.6) is 0 Å². The maximum absolute atomic E-state index is 5.46. The lowest BCUT2D eigenvalue weighted by molar-refractivity contribution is 0.0870. The van der Waals surface area contributed by atoms with Crippen LogP contribution in [-0.2, 0) is 4.74 Å². The fourth-order valence-electron chi connectivity index (χ4n) is 1.32. The van der Waals surface area contributed by atoms with E-state index in [-0.39, 0.29) is 6.10 Å². The third-order valence-corrected chi connectivity index (χ3v) is 2.93. The summed E-state index contributed by atoms with van der Waals surface area (Å²) in [6.07, 6.45) is 2.86. The Balaban J connectivity index is 2.49. The normalized spacial score (nSPS) is 10.7. The number of anilines is 2. The molecule has 0 aromatic carbocycles. The summed E-state index contributed by atoms with van der Waals surface area (Å²) >= 11 is 3.50. The van der Waals surface area contributed by atoms with Crippen LogP contribution in [0.3, 0.4) is 0 Å². The molecule has 5 nitrogen and oxygen atoms in total. The van der Waals surface area contributed by atoms with E-state index in [0.717, 1.165) is 35.6 Å². The first-order valence-electron chi connectivity index (χ1n) is 6.25. The predicted molar refractivity (Wildman–Crippen MR) is 78.1 cm³/mol. The zero-order chi connectivity index (χ0) is 13.4. The second kappa shape index (κ2) is 8.26. The van der Waals surface area contributed by atoms with E-state index in [1.54, 1.807) is 6.33 Å². The van der Waals surface area contributed by atoms with E-state index in [9.17, 15) is 0 Å². The molecule has 0 saturated heterocycles. The Bertz CT molecular complexity index is 360. The third-order valence-electron chi connectivity index (χ3n) is 2.18. The maximum Gasteiger partial charge on any atom is 0.146 e. The average molecular weight is 317 g/mol. The Kier molecular flexibility index (Phi) is 6.97. The van der Waals surface area contributed by atoms with Crippen LogP contribution in [0.15, 0.2) is 10.8 Å². The molecule has 0 bridgehead atoms. The van der Waals surface area contributed by atoms with E-state index in [1.807, 2.05) is 13.8 Å². The molecule has 0 saturated carbocycles. The zero-order valence-corrected chi connectivity index (χ0v) is 12.7. The van der Waals surface area contributed by atoms with Crippen molar-refractivity contribution in [3.05, 3.63) is 10.8 Å². The third kappa shape index (κ3) is 5.18. The monoisotopic (exact) mass is 316 g/mol. The van der Waals surface area contributed by atoms with Gasteiger partial charge < -0.3 is 15.4 Å². The van der Waals surface area contributed by atoms with Gasteiger partial charge in [0.1, 0.15) is 22.4 Å². The molecule has 0 fully saturated rings. The standard InChI is InChI=1S/C12H21BrN4O/c1-4-5-14-11-10(13)12(17-8-16-11)15-6-7-18-9(2)3/h8-9H,4-7H2,1-3H3,(H2,14,15,16,17). The highest BCUT2D eigenvalue weighted by molar-refractivity contribution is 9.10. The van der Waals surface area contributed by atoms with Gasteiger partial charge >= 0.3 is 0 Å². The van der Waals surface area contributed by atoms with Crippen LogP contribution in [0.25, 0.3) is 0 Å². The number of hydrogen-bond acceptors (Lipinski definition) is 5.